The van der Waals surface area contributed by atoms with Gasteiger partial charge in [-0.3, -0.25) is 0 Å². The van der Waals surface area contributed by atoms with Crippen LogP contribution in [-0.4, -0.2) is 36.7 Å². The van der Waals surface area contributed by atoms with E-state index in [2.05, 4.69) is 20.0 Å². The molecule has 0 aliphatic heterocycles. The third-order valence-electron chi connectivity index (χ3n) is 2.00. The van der Waals surface area contributed by atoms with Crippen LogP contribution in [-0.2, 0) is 16.1 Å². The molecule has 0 spiro atoms. The van der Waals surface area contributed by atoms with Crippen molar-refractivity contribution in [2.45, 2.75) is 20.0 Å². The van der Waals surface area contributed by atoms with Crippen molar-refractivity contribution in [1.29, 1.82) is 0 Å². The highest BCUT2D eigenvalue weighted by atomic mass is 16.5. The summed E-state index contributed by atoms with van der Waals surface area (Å²) in [6.45, 7) is 3.16. The first-order valence-corrected chi connectivity index (χ1v) is 5.40. The molecule has 0 saturated carbocycles. The second-order valence-electron chi connectivity index (χ2n) is 3.42. The van der Waals surface area contributed by atoms with E-state index >= 15 is 0 Å². The lowest BCUT2D eigenvalue weighted by molar-refractivity contribution is 0.0585. The van der Waals surface area contributed by atoms with Gasteiger partial charge >= 0.3 is 5.97 Å². The maximum atomic E-state index is 11.4. The molecule has 17 heavy (non-hydrogen) atoms. The average Bonchev–Trinajstić information content (AvgIpc) is 2.35. The van der Waals surface area contributed by atoms with Gasteiger partial charge < -0.3 is 14.8 Å². The van der Waals surface area contributed by atoms with Crippen LogP contribution in [0.1, 0.15) is 29.7 Å². The van der Waals surface area contributed by atoms with Crippen molar-refractivity contribution >= 4 is 11.8 Å². The van der Waals surface area contributed by atoms with Crippen molar-refractivity contribution in [3.63, 3.8) is 0 Å². The van der Waals surface area contributed by atoms with Gasteiger partial charge in [0.2, 0.25) is 5.82 Å². The molecule has 0 unspecified atom stereocenters. The van der Waals surface area contributed by atoms with Gasteiger partial charge in [-0.15, -0.1) is 0 Å². The normalized spacial score (nSPS) is 10.1. The quantitative estimate of drug-likeness (QED) is 0.753. The van der Waals surface area contributed by atoms with Gasteiger partial charge in [0.05, 0.1) is 19.4 Å². The van der Waals surface area contributed by atoms with E-state index in [1.807, 2.05) is 6.92 Å². The Balaban J connectivity index is 2.96. The molecule has 0 bridgehead atoms. The summed E-state index contributed by atoms with van der Waals surface area (Å²) in [7, 11) is 2.87. The van der Waals surface area contributed by atoms with E-state index < -0.39 is 5.97 Å². The molecule has 0 aliphatic carbocycles. The first kappa shape index (κ1) is 13.4. The second kappa shape index (κ2) is 6.80. The minimum Gasteiger partial charge on any atom is -0.463 e. The molecule has 0 atom stereocenters. The number of hydrogen-bond donors (Lipinski definition) is 1. The lowest BCUT2D eigenvalue weighted by Gasteiger charge is -2.08. The number of esters is 1. The van der Waals surface area contributed by atoms with Gasteiger partial charge in [-0.2, -0.15) is 0 Å². The van der Waals surface area contributed by atoms with Gasteiger partial charge in [0.1, 0.15) is 5.82 Å². The van der Waals surface area contributed by atoms with Gasteiger partial charge in [0.15, 0.2) is 0 Å². The molecule has 1 rings (SSSR count). The van der Waals surface area contributed by atoms with Crippen molar-refractivity contribution in [3.8, 4) is 0 Å². The number of hydrogen-bond acceptors (Lipinski definition) is 6. The average molecular weight is 239 g/mol. The summed E-state index contributed by atoms with van der Waals surface area (Å²) in [4.78, 5) is 19.5. The Morgan fingerprint density at radius 2 is 2.18 bits per heavy atom. The Kier molecular flexibility index (Phi) is 5.35. The number of ether oxygens (including phenoxy) is 2. The van der Waals surface area contributed by atoms with Crippen LogP contribution < -0.4 is 5.32 Å². The van der Waals surface area contributed by atoms with E-state index in [9.17, 15) is 4.79 Å². The zero-order valence-electron chi connectivity index (χ0n) is 10.3. The summed E-state index contributed by atoms with van der Waals surface area (Å²) in [6.07, 6.45) is 0.969. The number of rotatable bonds is 6. The highest BCUT2D eigenvalue weighted by Gasteiger charge is 2.12. The number of carbonyl (C=O) groups is 1. The summed E-state index contributed by atoms with van der Waals surface area (Å²) in [5.74, 6) is 0.0949. The molecule has 0 fully saturated rings. The number of nitrogens with zero attached hydrogens (tertiary/aromatic N) is 2. The fourth-order valence-corrected chi connectivity index (χ4v) is 1.25. The minimum absolute atomic E-state index is 0.0423. The Morgan fingerprint density at radius 1 is 1.41 bits per heavy atom. The van der Waals surface area contributed by atoms with E-state index in [4.69, 9.17) is 4.74 Å². The predicted octanol–water partition coefficient (Wildman–Crippen LogP) is 1.23. The molecular weight excluding hydrogens is 222 g/mol. The molecule has 6 heteroatoms. The van der Waals surface area contributed by atoms with Gasteiger partial charge in [0, 0.05) is 19.7 Å². The van der Waals surface area contributed by atoms with Gasteiger partial charge in [-0.05, 0) is 6.42 Å². The van der Waals surface area contributed by atoms with Crippen LogP contribution in [0.15, 0.2) is 6.07 Å². The van der Waals surface area contributed by atoms with E-state index in [0.717, 1.165) is 13.0 Å². The van der Waals surface area contributed by atoms with E-state index in [1.54, 1.807) is 13.2 Å². The molecule has 6 nitrogen and oxygen atoms in total. The molecule has 0 radical (unpaired) electrons. The first-order valence-electron chi connectivity index (χ1n) is 5.40. The molecule has 0 saturated heterocycles. The fraction of sp³-hybridized carbons (Fsp3) is 0.545. The summed E-state index contributed by atoms with van der Waals surface area (Å²) in [5.41, 5.74) is 0.640. The largest absolute Gasteiger partial charge is 0.463 e. The van der Waals surface area contributed by atoms with Crippen molar-refractivity contribution in [3.05, 3.63) is 17.6 Å². The highest BCUT2D eigenvalue weighted by molar-refractivity contribution is 5.85. The van der Waals surface area contributed by atoms with E-state index in [1.165, 1.54) is 7.11 Å². The predicted molar refractivity (Wildman–Crippen MR) is 62.9 cm³/mol. The van der Waals surface area contributed by atoms with Gasteiger partial charge in [0.25, 0.3) is 0 Å². The Morgan fingerprint density at radius 3 is 2.76 bits per heavy atom. The van der Waals surface area contributed by atoms with Gasteiger partial charge in [-0.1, -0.05) is 6.92 Å². The van der Waals surface area contributed by atoms with E-state index in [-0.39, 0.29) is 5.82 Å². The van der Waals surface area contributed by atoms with Crippen molar-refractivity contribution in [2.75, 3.05) is 26.1 Å². The topological polar surface area (TPSA) is 73.3 Å². The van der Waals surface area contributed by atoms with Crippen LogP contribution in [0.4, 0.5) is 5.82 Å². The first-order chi connectivity index (χ1) is 8.21. The van der Waals surface area contributed by atoms with Crippen LogP contribution in [0.5, 0.6) is 0 Å². The van der Waals surface area contributed by atoms with Crippen molar-refractivity contribution in [1.82, 2.24) is 9.97 Å². The molecule has 0 aromatic carbocycles. The Bertz CT molecular complexity index is 382. The maximum absolute atomic E-state index is 11.4. The molecule has 1 N–H and O–H groups in total. The number of anilines is 1. The monoisotopic (exact) mass is 239 g/mol. The number of carbonyl (C=O) groups excluding carboxylic acids is 1. The molecular formula is C11H17N3O3. The third-order valence-corrected chi connectivity index (χ3v) is 2.00. The third kappa shape index (κ3) is 3.99. The van der Waals surface area contributed by atoms with Crippen molar-refractivity contribution in [2.24, 2.45) is 0 Å². The highest BCUT2D eigenvalue weighted by Crippen LogP contribution is 2.08. The van der Waals surface area contributed by atoms with Crippen LogP contribution in [0.2, 0.25) is 0 Å². The Labute approximate surface area is 100 Å². The number of nitrogens with one attached hydrogen (secondary N) is 1. The summed E-state index contributed by atoms with van der Waals surface area (Å²) >= 11 is 0. The molecule has 1 aromatic rings. The van der Waals surface area contributed by atoms with Crippen LogP contribution in [0, 0.1) is 0 Å². The number of aromatic nitrogens is 2. The standard InChI is InChI=1S/C11H17N3O3/c1-4-5-12-9-6-8(7-16-2)13-10(14-9)11(15)17-3/h6H,4-5,7H2,1-3H3,(H,12,13,14). The number of methoxy groups -OCH3 is 2. The lowest BCUT2D eigenvalue weighted by Crippen LogP contribution is -2.13. The molecule has 0 amide bonds. The molecule has 94 valence electrons. The summed E-state index contributed by atoms with van der Waals surface area (Å²) in [5, 5.41) is 3.10. The molecule has 1 heterocycles. The van der Waals surface area contributed by atoms with Crippen LogP contribution in [0.3, 0.4) is 0 Å². The van der Waals surface area contributed by atoms with Crippen LogP contribution >= 0.6 is 0 Å². The van der Waals surface area contributed by atoms with Gasteiger partial charge in [-0.25, -0.2) is 14.8 Å². The zero-order chi connectivity index (χ0) is 12.7. The summed E-state index contributed by atoms with van der Waals surface area (Å²) < 4.78 is 9.58. The smallest absolute Gasteiger partial charge is 0.376 e. The fourth-order valence-electron chi connectivity index (χ4n) is 1.25. The lowest BCUT2D eigenvalue weighted by atomic mass is 10.3. The minimum atomic E-state index is -0.553. The Hall–Kier alpha value is -1.69. The molecule has 1 aromatic heterocycles. The SMILES string of the molecule is CCCNc1cc(COC)nc(C(=O)OC)n1. The zero-order valence-corrected chi connectivity index (χ0v) is 10.3. The second-order valence-corrected chi connectivity index (χ2v) is 3.42. The molecule has 0 aliphatic rings. The maximum Gasteiger partial charge on any atom is 0.376 e. The van der Waals surface area contributed by atoms with Crippen LogP contribution in [0.25, 0.3) is 0 Å². The summed E-state index contributed by atoms with van der Waals surface area (Å²) in [6, 6.07) is 1.76. The van der Waals surface area contributed by atoms with E-state index in [0.29, 0.717) is 18.1 Å². The van der Waals surface area contributed by atoms with Crippen molar-refractivity contribution < 1.29 is 14.3 Å².